The molecule has 0 saturated heterocycles. The van der Waals surface area contributed by atoms with Crippen LogP contribution in [0.5, 0.6) is 0 Å². The van der Waals surface area contributed by atoms with E-state index in [1.54, 1.807) is 23.0 Å². The van der Waals surface area contributed by atoms with Crippen LogP contribution in [0.1, 0.15) is 16.7 Å². The lowest BCUT2D eigenvalue weighted by Gasteiger charge is -2.13. The van der Waals surface area contributed by atoms with Crippen LogP contribution in [0.4, 0.5) is 5.69 Å². The molecular formula is C21H22ClN5O2S. The second-order valence-corrected chi connectivity index (χ2v) is 8.23. The summed E-state index contributed by atoms with van der Waals surface area (Å²) in [6, 6.07) is 11.3. The van der Waals surface area contributed by atoms with E-state index in [2.05, 4.69) is 20.8 Å². The molecule has 156 valence electrons. The Morgan fingerprint density at radius 2 is 1.83 bits per heavy atom. The van der Waals surface area contributed by atoms with E-state index >= 15 is 0 Å². The van der Waals surface area contributed by atoms with Crippen molar-refractivity contribution in [1.29, 1.82) is 0 Å². The van der Waals surface area contributed by atoms with Crippen molar-refractivity contribution in [1.82, 2.24) is 20.1 Å². The van der Waals surface area contributed by atoms with Crippen LogP contribution in [0.2, 0.25) is 5.02 Å². The van der Waals surface area contributed by atoms with Crippen LogP contribution in [0.15, 0.2) is 47.9 Å². The first kappa shape index (κ1) is 21.9. The molecule has 1 aromatic heterocycles. The highest BCUT2D eigenvalue weighted by molar-refractivity contribution is 7.99. The maximum Gasteiger partial charge on any atom is 0.243 e. The minimum absolute atomic E-state index is 0.104. The predicted octanol–water partition coefficient (Wildman–Crippen LogP) is 3.69. The van der Waals surface area contributed by atoms with Crippen molar-refractivity contribution in [2.75, 3.05) is 17.6 Å². The summed E-state index contributed by atoms with van der Waals surface area (Å²) in [6.07, 6.45) is 1.56. The van der Waals surface area contributed by atoms with E-state index < -0.39 is 0 Å². The quantitative estimate of drug-likeness (QED) is 0.543. The van der Waals surface area contributed by atoms with Gasteiger partial charge in [0.2, 0.25) is 11.8 Å². The molecule has 9 heteroatoms. The molecule has 3 aromatic rings. The molecule has 0 aliphatic rings. The number of aromatic nitrogens is 3. The van der Waals surface area contributed by atoms with Crippen LogP contribution < -0.4 is 10.6 Å². The molecule has 2 N–H and O–H groups in total. The Balaban J connectivity index is 1.52. The summed E-state index contributed by atoms with van der Waals surface area (Å²) in [7, 11) is 0. The molecular weight excluding hydrogens is 422 g/mol. The molecule has 30 heavy (non-hydrogen) atoms. The SMILES string of the molecule is Cc1cc(C)c(NC(=O)CNC(=O)CSc2nncn2-c2cccc(Cl)c2)c(C)c1. The van der Waals surface area contributed by atoms with Gasteiger partial charge in [0.15, 0.2) is 5.16 Å². The van der Waals surface area contributed by atoms with Gasteiger partial charge in [-0.2, -0.15) is 0 Å². The second-order valence-electron chi connectivity index (χ2n) is 6.85. The maximum absolute atomic E-state index is 12.2. The number of rotatable bonds is 7. The number of thioether (sulfide) groups is 1. The number of nitrogens with zero attached hydrogens (tertiary/aromatic N) is 3. The van der Waals surface area contributed by atoms with E-state index in [9.17, 15) is 9.59 Å². The predicted molar refractivity (Wildman–Crippen MR) is 119 cm³/mol. The number of anilines is 1. The van der Waals surface area contributed by atoms with Gasteiger partial charge >= 0.3 is 0 Å². The summed E-state index contributed by atoms with van der Waals surface area (Å²) in [5.41, 5.74) is 4.70. The Labute approximate surface area is 184 Å². The van der Waals surface area contributed by atoms with Gasteiger partial charge in [-0.1, -0.05) is 47.1 Å². The first-order chi connectivity index (χ1) is 14.3. The van der Waals surface area contributed by atoms with Crippen molar-refractivity contribution >= 4 is 40.9 Å². The van der Waals surface area contributed by atoms with Gasteiger partial charge in [0, 0.05) is 10.7 Å². The smallest absolute Gasteiger partial charge is 0.243 e. The van der Waals surface area contributed by atoms with E-state index in [0.29, 0.717) is 10.2 Å². The van der Waals surface area contributed by atoms with E-state index in [1.165, 1.54) is 11.8 Å². The molecule has 2 amide bonds. The number of benzene rings is 2. The standard InChI is InChI=1S/C21H22ClN5O2S/c1-13-7-14(2)20(15(3)8-13)25-18(28)10-23-19(29)11-30-21-26-24-12-27(21)17-6-4-5-16(22)9-17/h4-9,12H,10-11H2,1-3H3,(H,23,29)(H,25,28). The summed E-state index contributed by atoms with van der Waals surface area (Å²) in [5.74, 6) is -0.437. The zero-order valence-electron chi connectivity index (χ0n) is 16.9. The molecule has 7 nitrogen and oxygen atoms in total. The van der Waals surface area contributed by atoms with Gasteiger partial charge in [-0.05, 0) is 50.1 Å². The van der Waals surface area contributed by atoms with E-state index in [0.717, 1.165) is 28.1 Å². The molecule has 0 aliphatic heterocycles. The van der Waals surface area contributed by atoms with Crippen LogP contribution in [-0.4, -0.2) is 38.9 Å². The molecule has 3 rings (SSSR count). The largest absolute Gasteiger partial charge is 0.346 e. The number of halogens is 1. The molecule has 2 aromatic carbocycles. The van der Waals surface area contributed by atoms with Crippen LogP contribution in [0.25, 0.3) is 5.69 Å². The monoisotopic (exact) mass is 443 g/mol. The Bertz CT molecular complexity index is 1060. The number of hydrogen-bond donors (Lipinski definition) is 2. The van der Waals surface area contributed by atoms with Crippen molar-refractivity contribution < 1.29 is 9.59 Å². The molecule has 0 saturated carbocycles. The summed E-state index contributed by atoms with van der Waals surface area (Å²) < 4.78 is 1.75. The third-order valence-corrected chi connectivity index (χ3v) is 5.50. The average Bonchev–Trinajstić information content (AvgIpc) is 3.16. The first-order valence-corrected chi connectivity index (χ1v) is 10.6. The van der Waals surface area contributed by atoms with E-state index in [1.807, 2.05) is 45.0 Å². The molecule has 0 fully saturated rings. The third kappa shape index (κ3) is 5.61. The average molecular weight is 444 g/mol. The minimum atomic E-state index is -0.273. The van der Waals surface area contributed by atoms with Crippen molar-refractivity contribution in [2.24, 2.45) is 0 Å². The van der Waals surface area contributed by atoms with Gasteiger partial charge in [0.1, 0.15) is 6.33 Å². The van der Waals surface area contributed by atoms with E-state index in [4.69, 9.17) is 11.6 Å². The molecule has 0 spiro atoms. The second kappa shape index (κ2) is 9.77. The number of amides is 2. The van der Waals surface area contributed by atoms with Gasteiger partial charge in [-0.15, -0.1) is 10.2 Å². The molecule has 0 unspecified atom stereocenters. The molecule has 0 bridgehead atoms. The lowest BCUT2D eigenvalue weighted by atomic mass is 10.1. The van der Waals surface area contributed by atoms with Crippen molar-refractivity contribution in [3.05, 3.63) is 64.4 Å². The highest BCUT2D eigenvalue weighted by atomic mass is 35.5. The van der Waals surface area contributed by atoms with Gasteiger partial charge in [-0.3, -0.25) is 14.2 Å². The zero-order valence-corrected chi connectivity index (χ0v) is 18.5. The Morgan fingerprint density at radius 1 is 1.10 bits per heavy atom. The fourth-order valence-corrected chi connectivity index (χ4v) is 3.99. The summed E-state index contributed by atoms with van der Waals surface area (Å²) >= 11 is 7.26. The molecule has 1 heterocycles. The van der Waals surface area contributed by atoms with Crippen molar-refractivity contribution in [3.63, 3.8) is 0 Å². The Kier molecular flexibility index (Phi) is 7.12. The number of aryl methyl sites for hydroxylation is 3. The lowest BCUT2D eigenvalue weighted by Crippen LogP contribution is -2.34. The number of carbonyl (C=O) groups excluding carboxylic acids is 2. The van der Waals surface area contributed by atoms with Gasteiger partial charge < -0.3 is 10.6 Å². The summed E-state index contributed by atoms with van der Waals surface area (Å²) in [5, 5.41) is 14.6. The van der Waals surface area contributed by atoms with Gasteiger partial charge in [0.25, 0.3) is 0 Å². The van der Waals surface area contributed by atoms with Crippen molar-refractivity contribution in [3.8, 4) is 5.69 Å². The highest BCUT2D eigenvalue weighted by Crippen LogP contribution is 2.22. The summed E-state index contributed by atoms with van der Waals surface area (Å²) in [4.78, 5) is 24.4. The van der Waals surface area contributed by atoms with Crippen LogP contribution in [0, 0.1) is 20.8 Å². The normalized spacial score (nSPS) is 10.7. The topological polar surface area (TPSA) is 88.9 Å². The molecule has 0 radical (unpaired) electrons. The molecule has 0 atom stereocenters. The maximum atomic E-state index is 12.2. The highest BCUT2D eigenvalue weighted by Gasteiger charge is 2.13. The third-order valence-electron chi connectivity index (χ3n) is 4.32. The molecule has 0 aliphatic carbocycles. The fourth-order valence-electron chi connectivity index (χ4n) is 3.05. The van der Waals surface area contributed by atoms with Crippen molar-refractivity contribution in [2.45, 2.75) is 25.9 Å². The van der Waals surface area contributed by atoms with Crippen LogP contribution in [-0.2, 0) is 9.59 Å². The van der Waals surface area contributed by atoms with Crippen LogP contribution in [0.3, 0.4) is 0 Å². The van der Waals surface area contributed by atoms with Gasteiger partial charge in [0.05, 0.1) is 18.0 Å². The van der Waals surface area contributed by atoms with E-state index in [-0.39, 0.29) is 24.1 Å². The fraction of sp³-hybridized carbons (Fsp3) is 0.238. The van der Waals surface area contributed by atoms with Gasteiger partial charge in [-0.25, -0.2) is 0 Å². The number of nitrogens with one attached hydrogen (secondary N) is 2. The van der Waals surface area contributed by atoms with Crippen LogP contribution >= 0.6 is 23.4 Å². The first-order valence-electron chi connectivity index (χ1n) is 9.26. The zero-order chi connectivity index (χ0) is 21.7. The summed E-state index contributed by atoms with van der Waals surface area (Å²) in [6.45, 7) is 5.80. The minimum Gasteiger partial charge on any atom is -0.346 e. The number of carbonyl (C=O) groups is 2. The number of hydrogen-bond acceptors (Lipinski definition) is 5. The Hall–Kier alpha value is -2.84. The Morgan fingerprint density at radius 3 is 2.53 bits per heavy atom. The lowest BCUT2D eigenvalue weighted by molar-refractivity contribution is -0.122.